The molecule has 37 heavy (non-hydrogen) atoms. The number of allylic oxidation sites excluding steroid dienone is 4. The van der Waals surface area contributed by atoms with E-state index in [1.807, 2.05) is 12.1 Å². The van der Waals surface area contributed by atoms with Gasteiger partial charge in [-0.15, -0.1) is 0 Å². The van der Waals surface area contributed by atoms with Crippen LogP contribution in [0.25, 0.3) is 11.3 Å². The van der Waals surface area contributed by atoms with Gasteiger partial charge in [0.2, 0.25) is 5.88 Å². The van der Waals surface area contributed by atoms with E-state index >= 15 is 8.78 Å². The van der Waals surface area contributed by atoms with E-state index < -0.39 is 17.5 Å². The number of ether oxygens (including phenoxy) is 2. The highest BCUT2D eigenvalue weighted by Gasteiger charge is 2.23. The van der Waals surface area contributed by atoms with Crippen molar-refractivity contribution in [1.82, 2.24) is 4.98 Å². The van der Waals surface area contributed by atoms with E-state index in [1.54, 1.807) is 25.3 Å². The maximum atomic E-state index is 15.2. The fourth-order valence-corrected chi connectivity index (χ4v) is 4.91. The number of hydrogen-bond donors (Lipinski definition) is 0. The van der Waals surface area contributed by atoms with Gasteiger partial charge in [0.15, 0.2) is 0 Å². The largest absolute Gasteiger partial charge is 0.473 e. The molecule has 4 nitrogen and oxygen atoms in total. The maximum absolute atomic E-state index is 15.2. The fourth-order valence-electron chi connectivity index (χ4n) is 4.24. The Kier molecular flexibility index (Phi) is 9.00. The van der Waals surface area contributed by atoms with Gasteiger partial charge in [0.25, 0.3) is 0 Å². The first-order chi connectivity index (χ1) is 17.9. The average Bonchev–Trinajstić information content (AvgIpc) is 2.89. The lowest BCUT2D eigenvalue weighted by molar-refractivity contribution is 0.176. The molecule has 3 aromatic rings. The first-order valence-corrected chi connectivity index (χ1v) is 12.8. The Balaban J connectivity index is 1.51. The Labute approximate surface area is 227 Å². The highest BCUT2D eigenvalue weighted by atomic mass is 127. The molecule has 190 valence electrons. The average molecular weight is 616 g/mol. The molecule has 8 heteroatoms. The van der Waals surface area contributed by atoms with Crippen LogP contribution in [0.1, 0.15) is 23.1 Å². The van der Waals surface area contributed by atoms with Gasteiger partial charge in [0, 0.05) is 34.5 Å². The Morgan fingerprint density at radius 2 is 1.81 bits per heavy atom. The van der Waals surface area contributed by atoms with Crippen LogP contribution in [-0.4, -0.2) is 18.7 Å². The van der Waals surface area contributed by atoms with Crippen molar-refractivity contribution in [3.05, 3.63) is 104 Å². The molecule has 0 radical (unpaired) electrons. The molecule has 0 fully saturated rings. The topological polar surface area (TPSA) is 55.1 Å². The van der Waals surface area contributed by atoms with Crippen molar-refractivity contribution in [2.45, 2.75) is 19.4 Å². The number of benzene rings is 2. The molecule has 4 rings (SSSR count). The molecule has 0 saturated carbocycles. The van der Waals surface area contributed by atoms with E-state index in [0.717, 1.165) is 22.1 Å². The predicted molar refractivity (Wildman–Crippen MR) is 143 cm³/mol. The van der Waals surface area contributed by atoms with Gasteiger partial charge in [0.05, 0.1) is 17.3 Å². The summed E-state index contributed by atoms with van der Waals surface area (Å²) in [6.45, 7) is 0.462. The van der Waals surface area contributed by atoms with Gasteiger partial charge in [-0.05, 0) is 83.2 Å². The summed E-state index contributed by atoms with van der Waals surface area (Å²) in [4.78, 5) is 4.29. The lowest BCUT2D eigenvalue weighted by Gasteiger charge is -2.25. The number of nitrogens with zero attached hydrogens (tertiary/aromatic N) is 2. The molecule has 2 unspecified atom stereocenters. The number of halogens is 4. The van der Waals surface area contributed by atoms with Crippen molar-refractivity contribution in [1.29, 1.82) is 5.26 Å². The first kappa shape index (κ1) is 26.9. The molecule has 1 aliphatic carbocycles. The summed E-state index contributed by atoms with van der Waals surface area (Å²) in [6.07, 6.45) is 7.39. The Morgan fingerprint density at radius 1 is 1.00 bits per heavy atom. The van der Waals surface area contributed by atoms with Crippen molar-refractivity contribution in [2.24, 2.45) is 11.8 Å². The van der Waals surface area contributed by atoms with E-state index in [0.29, 0.717) is 18.6 Å². The third kappa shape index (κ3) is 6.79. The molecule has 0 aliphatic heterocycles. The third-order valence-corrected chi connectivity index (χ3v) is 6.95. The standard InChI is InChI=1S/C29H24F3IN2O2/c1-36-10-9-19-7-8-23(33)13-21(19)12-22-14-27(32)24(15-26(22)31)28-3-2-4-29(35-28)37-17-20-6-5-18(16-34)11-25(20)30/h2-8,11,13-15,19,21H,9-10,12,17H2,1H3. The zero-order valence-corrected chi connectivity index (χ0v) is 22.2. The maximum Gasteiger partial charge on any atom is 0.214 e. The summed E-state index contributed by atoms with van der Waals surface area (Å²) in [7, 11) is 1.65. The molecule has 2 atom stereocenters. The Morgan fingerprint density at radius 3 is 2.57 bits per heavy atom. The molecule has 0 N–H and O–H groups in total. The zero-order chi connectivity index (χ0) is 26.4. The van der Waals surface area contributed by atoms with Gasteiger partial charge in [-0.1, -0.05) is 30.4 Å². The van der Waals surface area contributed by atoms with Crippen LogP contribution in [0.4, 0.5) is 13.2 Å². The summed E-state index contributed by atoms with van der Waals surface area (Å²) in [5.41, 5.74) is 0.971. The van der Waals surface area contributed by atoms with Crippen molar-refractivity contribution >= 4 is 22.6 Å². The quantitative estimate of drug-likeness (QED) is 0.237. The van der Waals surface area contributed by atoms with Crippen molar-refractivity contribution in [2.75, 3.05) is 13.7 Å². The van der Waals surface area contributed by atoms with E-state index in [1.165, 1.54) is 18.2 Å². The van der Waals surface area contributed by atoms with Gasteiger partial charge in [0.1, 0.15) is 24.1 Å². The van der Waals surface area contributed by atoms with Crippen molar-refractivity contribution < 1.29 is 22.6 Å². The second-order valence-electron chi connectivity index (χ2n) is 8.72. The van der Waals surface area contributed by atoms with Gasteiger partial charge in [-0.2, -0.15) is 5.26 Å². The number of pyridine rings is 1. The number of hydrogen-bond acceptors (Lipinski definition) is 4. The van der Waals surface area contributed by atoms with Crippen LogP contribution in [0.5, 0.6) is 5.88 Å². The van der Waals surface area contributed by atoms with E-state index in [-0.39, 0.29) is 46.7 Å². The van der Waals surface area contributed by atoms with Gasteiger partial charge in [-0.3, -0.25) is 0 Å². The zero-order valence-electron chi connectivity index (χ0n) is 20.1. The van der Waals surface area contributed by atoms with Crippen LogP contribution >= 0.6 is 22.6 Å². The van der Waals surface area contributed by atoms with Crippen molar-refractivity contribution in [3.8, 4) is 23.2 Å². The van der Waals surface area contributed by atoms with Gasteiger partial charge < -0.3 is 9.47 Å². The Bertz CT molecular complexity index is 1380. The van der Waals surface area contributed by atoms with Crippen molar-refractivity contribution in [3.63, 3.8) is 0 Å². The highest BCUT2D eigenvalue weighted by molar-refractivity contribution is 14.1. The fraction of sp³-hybridized carbons (Fsp3) is 0.241. The predicted octanol–water partition coefficient (Wildman–Crippen LogP) is 7.32. The summed E-state index contributed by atoms with van der Waals surface area (Å²) in [5, 5.41) is 8.87. The smallest absolute Gasteiger partial charge is 0.214 e. The van der Waals surface area contributed by atoms with Crippen LogP contribution in [0, 0.1) is 40.6 Å². The lowest BCUT2D eigenvalue weighted by atomic mass is 9.82. The first-order valence-electron chi connectivity index (χ1n) is 11.7. The molecule has 0 bridgehead atoms. The normalized spacial score (nSPS) is 16.8. The Hall–Kier alpha value is -3.16. The minimum Gasteiger partial charge on any atom is -0.473 e. The molecule has 0 saturated heterocycles. The van der Waals surface area contributed by atoms with Crippen LogP contribution in [-0.2, 0) is 17.8 Å². The molecule has 1 aliphatic rings. The third-order valence-electron chi connectivity index (χ3n) is 6.23. The molecule has 0 amide bonds. The summed E-state index contributed by atoms with van der Waals surface area (Å²) in [6, 6.07) is 13.1. The molecular formula is C29H24F3IN2O2. The number of methoxy groups -OCH3 is 1. The minimum atomic E-state index is -0.586. The summed E-state index contributed by atoms with van der Waals surface area (Å²) in [5.74, 6) is -1.31. The second-order valence-corrected chi connectivity index (χ2v) is 9.96. The molecule has 0 spiro atoms. The van der Waals surface area contributed by atoms with Gasteiger partial charge >= 0.3 is 0 Å². The second kappa shape index (κ2) is 12.4. The van der Waals surface area contributed by atoms with E-state index in [4.69, 9.17) is 14.7 Å². The van der Waals surface area contributed by atoms with E-state index in [2.05, 4.69) is 39.7 Å². The molecule has 1 heterocycles. The van der Waals surface area contributed by atoms with Crippen LogP contribution in [0.15, 0.2) is 70.3 Å². The molecule has 1 aromatic heterocycles. The summed E-state index contributed by atoms with van der Waals surface area (Å²) < 4.78 is 56.3. The monoisotopic (exact) mass is 616 g/mol. The molecule has 2 aromatic carbocycles. The number of rotatable bonds is 9. The summed E-state index contributed by atoms with van der Waals surface area (Å²) >= 11 is 2.23. The van der Waals surface area contributed by atoms with Crippen LogP contribution in [0.2, 0.25) is 0 Å². The molecular weight excluding hydrogens is 592 g/mol. The van der Waals surface area contributed by atoms with Crippen LogP contribution < -0.4 is 4.74 Å². The van der Waals surface area contributed by atoms with Crippen LogP contribution in [0.3, 0.4) is 0 Å². The van der Waals surface area contributed by atoms with E-state index in [9.17, 15) is 4.39 Å². The number of nitriles is 1. The SMILES string of the molecule is COCCC1C=CC(I)=CC1Cc1cc(F)c(-c2cccc(OCc3ccc(C#N)cc3F)n2)cc1F. The minimum absolute atomic E-state index is 0.0147. The lowest BCUT2D eigenvalue weighted by Crippen LogP contribution is -2.18. The number of aromatic nitrogens is 1. The van der Waals surface area contributed by atoms with Gasteiger partial charge in [-0.25, -0.2) is 18.2 Å². The highest BCUT2D eigenvalue weighted by Crippen LogP contribution is 2.33.